The van der Waals surface area contributed by atoms with E-state index in [-0.39, 0.29) is 5.41 Å². The van der Waals surface area contributed by atoms with E-state index >= 15 is 0 Å². The highest BCUT2D eigenvalue weighted by atomic mass is 32.1. The summed E-state index contributed by atoms with van der Waals surface area (Å²) in [6, 6.07) is 0.342. The molecule has 2 N–H and O–H groups in total. The van der Waals surface area contributed by atoms with Crippen LogP contribution in [0, 0.1) is 5.92 Å². The van der Waals surface area contributed by atoms with Crippen LogP contribution in [0.4, 0.5) is 0 Å². The van der Waals surface area contributed by atoms with Crippen molar-refractivity contribution in [1.29, 1.82) is 0 Å². The number of rotatable bonds is 3. The summed E-state index contributed by atoms with van der Waals surface area (Å²) in [7, 11) is 0. The van der Waals surface area contributed by atoms with Crippen molar-refractivity contribution in [3.05, 3.63) is 16.1 Å². The third-order valence-electron chi connectivity index (χ3n) is 4.05. The number of hydrogen-bond acceptors (Lipinski definition) is 4. The maximum atomic E-state index is 5.99. The van der Waals surface area contributed by atoms with E-state index in [2.05, 4.69) is 38.0 Å². The minimum absolute atomic E-state index is 0.163. The maximum absolute atomic E-state index is 5.99. The molecule has 0 radical (unpaired) electrons. The van der Waals surface area contributed by atoms with Crippen molar-refractivity contribution in [2.75, 3.05) is 13.1 Å². The molecule has 2 rings (SSSR count). The Morgan fingerprint density at radius 3 is 2.53 bits per heavy atom. The molecule has 0 aliphatic carbocycles. The van der Waals surface area contributed by atoms with E-state index in [1.807, 2.05) is 0 Å². The lowest BCUT2D eigenvalue weighted by Crippen LogP contribution is -2.39. The Kier molecular flexibility index (Phi) is 4.64. The Balaban J connectivity index is 1.87. The van der Waals surface area contributed by atoms with Crippen molar-refractivity contribution >= 4 is 11.3 Å². The third-order valence-corrected chi connectivity index (χ3v) is 4.89. The van der Waals surface area contributed by atoms with Gasteiger partial charge in [-0.15, -0.1) is 11.3 Å². The molecule has 1 aliphatic heterocycles. The Labute approximate surface area is 121 Å². The van der Waals surface area contributed by atoms with E-state index in [0.29, 0.717) is 12.0 Å². The lowest BCUT2D eigenvalue weighted by Gasteiger charge is -2.33. The highest BCUT2D eigenvalue weighted by Crippen LogP contribution is 2.26. The zero-order valence-corrected chi connectivity index (χ0v) is 13.5. The van der Waals surface area contributed by atoms with E-state index in [4.69, 9.17) is 10.7 Å². The zero-order valence-electron chi connectivity index (χ0n) is 12.6. The van der Waals surface area contributed by atoms with Crippen LogP contribution in [0.15, 0.2) is 5.38 Å². The van der Waals surface area contributed by atoms with Gasteiger partial charge in [0.1, 0.15) is 5.01 Å². The Hall–Kier alpha value is -0.450. The molecule has 1 aliphatic rings. The van der Waals surface area contributed by atoms with Gasteiger partial charge in [-0.25, -0.2) is 4.98 Å². The average Bonchev–Trinajstić information content (AvgIpc) is 2.78. The van der Waals surface area contributed by atoms with Crippen molar-refractivity contribution in [3.63, 3.8) is 0 Å². The SMILES string of the molecule is CC(N)C1CCN(Cc2nc(C(C)(C)C)cs2)CC1. The van der Waals surface area contributed by atoms with Gasteiger partial charge in [0.15, 0.2) is 0 Å². The Bertz CT molecular complexity index is 398. The van der Waals surface area contributed by atoms with E-state index < -0.39 is 0 Å². The number of aromatic nitrogens is 1. The van der Waals surface area contributed by atoms with Crippen LogP contribution in [0.5, 0.6) is 0 Å². The van der Waals surface area contributed by atoms with E-state index in [1.165, 1.54) is 23.5 Å². The molecule has 1 aromatic heterocycles. The molecule has 2 heterocycles. The summed E-state index contributed by atoms with van der Waals surface area (Å²) in [4.78, 5) is 7.30. The smallest absolute Gasteiger partial charge is 0.107 e. The minimum atomic E-state index is 0.163. The summed E-state index contributed by atoms with van der Waals surface area (Å²) in [5.74, 6) is 0.706. The Morgan fingerprint density at radius 1 is 1.42 bits per heavy atom. The van der Waals surface area contributed by atoms with Gasteiger partial charge in [-0.05, 0) is 38.8 Å². The summed E-state index contributed by atoms with van der Waals surface area (Å²) in [5, 5.41) is 3.47. The first-order chi connectivity index (χ1) is 8.86. The molecular weight excluding hydrogens is 254 g/mol. The van der Waals surface area contributed by atoms with Crippen LogP contribution in [0.1, 0.15) is 51.2 Å². The van der Waals surface area contributed by atoms with Crippen LogP contribution in [0.2, 0.25) is 0 Å². The quantitative estimate of drug-likeness (QED) is 0.926. The van der Waals surface area contributed by atoms with Crippen LogP contribution >= 0.6 is 11.3 Å². The van der Waals surface area contributed by atoms with E-state index in [1.54, 1.807) is 11.3 Å². The topological polar surface area (TPSA) is 42.1 Å². The summed E-state index contributed by atoms with van der Waals surface area (Å²) in [5.41, 5.74) is 7.37. The van der Waals surface area contributed by atoms with Gasteiger partial charge in [0, 0.05) is 16.8 Å². The van der Waals surface area contributed by atoms with Gasteiger partial charge >= 0.3 is 0 Å². The van der Waals surface area contributed by atoms with Gasteiger partial charge in [-0.3, -0.25) is 4.90 Å². The number of nitrogens with two attached hydrogens (primary N) is 1. The number of thiazole rings is 1. The van der Waals surface area contributed by atoms with Gasteiger partial charge in [-0.1, -0.05) is 20.8 Å². The summed E-state index contributed by atoms with van der Waals surface area (Å²) in [6.07, 6.45) is 2.46. The zero-order chi connectivity index (χ0) is 14.0. The standard InChI is InChI=1S/C15H27N3S/c1-11(16)12-5-7-18(8-6-12)9-14-17-13(10-19-14)15(2,3)4/h10-12H,5-9,16H2,1-4H3. The molecule has 1 fully saturated rings. The molecule has 1 aromatic rings. The summed E-state index contributed by atoms with van der Waals surface area (Å²) < 4.78 is 0. The predicted molar refractivity (Wildman–Crippen MR) is 82.5 cm³/mol. The van der Waals surface area contributed by atoms with Crippen molar-refractivity contribution in [2.45, 2.75) is 58.5 Å². The summed E-state index contributed by atoms with van der Waals surface area (Å²) >= 11 is 1.80. The molecule has 108 valence electrons. The van der Waals surface area contributed by atoms with Crippen molar-refractivity contribution in [2.24, 2.45) is 11.7 Å². The molecule has 19 heavy (non-hydrogen) atoms. The molecule has 0 saturated carbocycles. The molecule has 1 unspecified atom stereocenters. The fourth-order valence-corrected chi connectivity index (χ4v) is 3.62. The molecular formula is C15H27N3S. The average molecular weight is 281 g/mol. The minimum Gasteiger partial charge on any atom is -0.328 e. The second-order valence-corrected chi connectivity index (χ2v) is 7.79. The normalized spacial score (nSPS) is 20.7. The van der Waals surface area contributed by atoms with E-state index in [9.17, 15) is 0 Å². The van der Waals surface area contributed by atoms with Crippen LogP contribution in [0.25, 0.3) is 0 Å². The fourth-order valence-electron chi connectivity index (χ4n) is 2.56. The first kappa shape index (κ1) is 14.9. The number of likely N-dealkylation sites (tertiary alicyclic amines) is 1. The van der Waals surface area contributed by atoms with Crippen molar-refractivity contribution in [3.8, 4) is 0 Å². The largest absolute Gasteiger partial charge is 0.328 e. The first-order valence-corrected chi connectivity index (χ1v) is 8.17. The summed E-state index contributed by atoms with van der Waals surface area (Å²) in [6.45, 7) is 12.1. The second kappa shape index (κ2) is 5.90. The van der Waals surface area contributed by atoms with Crippen LogP contribution in [0.3, 0.4) is 0 Å². The van der Waals surface area contributed by atoms with Crippen molar-refractivity contribution < 1.29 is 0 Å². The van der Waals surface area contributed by atoms with Gasteiger partial charge in [0.2, 0.25) is 0 Å². The van der Waals surface area contributed by atoms with E-state index in [0.717, 1.165) is 19.6 Å². The Morgan fingerprint density at radius 2 is 2.05 bits per heavy atom. The molecule has 3 nitrogen and oxygen atoms in total. The van der Waals surface area contributed by atoms with Gasteiger partial charge in [-0.2, -0.15) is 0 Å². The lowest BCUT2D eigenvalue weighted by atomic mass is 9.91. The molecule has 0 spiro atoms. The fraction of sp³-hybridized carbons (Fsp3) is 0.800. The molecule has 1 saturated heterocycles. The third kappa shape index (κ3) is 4.01. The number of hydrogen-bond donors (Lipinski definition) is 1. The second-order valence-electron chi connectivity index (χ2n) is 6.85. The van der Waals surface area contributed by atoms with Crippen LogP contribution in [-0.2, 0) is 12.0 Å². The van der Waals surface area contributed by atoms with Crippen LogP contribution in [-0.4, -0.2) is 29.0 Å². The molecule has 0 amide bonds. The maximum Gasteiger partial charge on any atom is 0.107 e. The van der Waals surface area contributed by atoms with Gasteiger partial charge in [0.25, 0.3) is 0 Å². The van der Waals surface area contributed by atoms with Gasteiger partial charge < -0.3 is 5.73 Å². The monoisotopic (exact) mass is 281 g/mol. The van der Waals surface area contributed by atoms with Gasteiger partial charge in [0.05, 0.1) is 12.2 Å². The molecule has 1 atom stereocenters. The lowest BCUT2D eigenvalue weighted by molar-refractivity contribution is 0.165. The number of piperidine rings is 1. The number of nitrogens with zero attached hydrogens (tertiary/aromatic N) is 2. The molecule has 0 bridgehead atoms. The molecule has 0 aromatic carbocycles. The molecule has 4 heteroatoms. The van der Waals surface area contributed by atoms with Crippen molar-refractivity contribution in [1.82, 2.24) is 9.88 Å². The predicted octanol–water partition coefficient (Wildman–Crippen LogP) is 3.00. The highest BCUT2D eigenvalue weighted by Gasteiger charge is 2.23. The highest BCUT2D eigenvalue weighted by molar-refractivity contribution is 7.09. The first-order valence-electron chi connectivity index (χ1n) is 7.29. The van der Waals surface area contributed by atoms with Crippen LogP contribution < -0.4 is 5.73 Å².